The summed E-state index contributed by atoms with van der Waals surface area (Å²) >= 11 is 0. The number of aryl methyl sites for hydroxylation is 1. The molecular formula is C22H24FN5O. The van der Waals surface area contributed by atoms with Crippen molar-refractivity contribution < 1.29 is 9.13 Å². The summed E-state index contributed by atoms with van der Waals surface area (Å²) in [5, 5.41) is 7.71. The van der Waals surface area contributed by atoms with Gasteiger partial charge in [-0.05, 0) is 48.7 Å². The van der Waals surface area contributed by atoms with Gasteiger partial charge in [0.25, 0.3) is 0 Å². The molecule has 2 fully saturated rings. The van der Waals surface area contributed by atoms with E-state index in [4.69, 9.17) is 4.74 Å². The Balaban J connectivity index is 1.35. The molecule has 1 unspecified atom stereocenters. The van der Waals surface area contributed by atoms with Crippen molar-refractivity contribution in [3.63, 3.8) is 0 Å². The first-order valence-electron chi connectivity index (χ1n) is 9.96. The maximum absolute atomic E-state index is 15.8. The predicted octanol–water partition coefficient (Wildman–Crippen LogP) is 3.59. The molecule has 0 saturated carbocycles. The van der Waals surface area contributed by atoms with E-state index in [1.54, 1.807) is 11.0 Å². The molecule has 1 N–H and O–H groups in total. The molecule has 1 aromatic heterocycles. The number of ether oxygens (including phenoxy) is 1. The van der Waals surface area contributed by atoms with Gasteiger partial charge in [-0.25, -0.2) is 9.07 Å². The molecule has 0 bridgehead atoms. The third-order valence-electron chi connectivity index (χ3n) is 5.75. The number of halogens is 1. The Bertz CT molecular complexity index is 1000. The zero-order valence-corrected chi connectivity index (χ0v) is 16.4. The van der Waals surface area contributed by atoms with Gasteiger partial charge in [0.1, 0.15) is 12.0 Å². The van der Waals surface area contributed by atoms with E-state index in [2.05, 4.69) is 20.3 Å². The van der Waals surface area contributed by atoms with Gasteiger partial charge in [0.2, 0.25) is 5.95 Å². The molecule has 3 aromatic rings. The highest BCUT2D eigenvalue weighted by Gasteiger charge is 2.43. The Morgan fingerprint density at radius 2 is 2.00 bits per heavy atom. The lowest BCUT2D eigenvalue weighted by Crippen LogP contribution is -2.48. The molecule has 150 valence electrons. The number of aromatic nitrogens is 3. The zero-order valence-electron chi connectivity index (χ0n) is 16.4. The second-order valence-electron chi connectivity index (χ2n) is 7.94. The molecule has 2 saturated heterocycles. The number of nitrogens with one attached hydrogen (secondary N) is 1. The number of anilines is 2. The highest BCUT2D eigenvalue weighted by Crippen LogP contribution is 2.39. The maximum Gasteiger partial charge on any atom is 0.246 e. The van der Waals surface area contributed by atoms with E-state index in [-0.39, 0.29) is 0 Å². The summed E-state index contributed by atoms with van der Waals surface area (Å²) in [4.78, 5) is 6.55. The third kappa shape index (κ3) is 3.63. The highest BCUT2D eigenvalue weighted by molar-refractivity contribution is 5.57. The minimum atomic E-state index is -1.34. The van der Waals surface area contributed by atoms with Gasteiger partial charge in [-0.15, -0.1) is 5.10 Å². The molecular weight excluding hydrogens is 369 g/mol. The summed E-state index contributed by atoms with van der Waals surface area (Å²) in [6.07, 6.45) is 2.17. The van der Waals surface area contributed by atoms with Crippen molar-refractivity contribution in [2.24, 2.45) is 0 Å². The van der Waals surface area contributed by atoms with Gasteiger partial charge in [0, 0.05) is 18.8 Å². The van der Waals surface area contributed by atoms with Crippen LogP contribution >= 0.6 is 0 Å². The van der Waals surface area contributed by atoms with Crippen LogP contribution in [-0.2, 0) is 10.4 Å². The molecule has 0 radical (unpaired) electrons. The van der Waals surface area contributed by atoms with Crippen LogP contribution in [0, 0.1) is 6.92 Å². The van der Waals surface area contributed by atoms with E-state index in [0.29, 0.717) is 43.7 Å². The fraction of sp³-hybridized carbons (Fsp3) is 0.364. The van der Waals surface area contributed by atoms with Crippen molar-refractivity contribution in [2.45, 2.75) is 25.1 Å². The van der Waals surface area contributed by atoms with E-state index in [1.165, 1.54) is 0 Å². The molecule has 5 rings (SSSR count). The average Bonchev–Trinajstić information content (AvgIpc) is 3.29. The quantitative estimate of drug-likeness (QED) is 0.718. The van der Waals surface area contributed by atoms with Gasteiger partial charge >= 0.3 is 0 Å². The van der Waals surface area contributed by atoms with Gasteiger partial charge in [-0.3, -0.25) is 4.90 Å². The first kappa shape index (κ1) is 18.3. The Labute approximate surface area is 169 Å². The fourth-order valence-electron chi connectivity index (χ4n) is 4.05. The minimum Gasteiger partial charge on any atom is -0.378 e. The van der Waals surface area contributed by atoms with Crippen molar-refractivity contribution in [1.29, 1.82) is 0 Å². The van der Waals surface area contributed by atoms with Crippen LogP contribution in [0.1, 0.15) is 17.5 Å². The molecule has 3 heterocycles. The molecule has 2 aliphatic rings. The summed E-state index contributed by atoms with van der Waals surface area (Å²) in [6.45, 7) is 4.61. The van der Waals surface area contributed by atoms with Crippen molar-refractivity contribution in [3.8, 4) is 5.69 Å². The normalized spacial score (nSPS) is 22.6. The highest BCUT2D eigenvalue weighted by atomic mass is 19.1. The number of likely N-dealkylation sites (tertiary alicyclic amines) is 1. The molecule has 0 aliphatic carbocycles. The predicted molar refractivity (Wildman–Crippen MR) is 109 cm³/mol. The Hall–Kier alpha value is -2.77. The van der Waals surface area contributed by atoms with Crippen molar-refractivity contribution in [2.75, 3.05) is 31.6 Å². The van der Waals surface area contributed by atoms with E-state index < -0.39 is 5.67 Å². The van der Waals surface area contributed by atoms with Crippen molar-refractivity contribution in [3.05, 3.63) is 66.0 Å². The molecule has 29 heavy (non-hydrogen) atoms. The summed E-state index contributed by atoms with van der Waals surface area (Å²) in [6, 6.07) is 16.0. The number of hydrogen-bond acceptors (Lipinski definition) is 5. The number of nitrogens with zero attached hydrogens (tertiary/aromatic N) is 4. The second-order valence-corrected chi connectivity index (χ2v) is 7.94. The van der Waals surface area contributed by atoms with Crippen LogP contribution in [0.15, 0.2) is 54.9 Å². The topological polar surface area (TPSA) is 55.2 Å². The molecule has 7 heteroatoms. The summed E-state index contributed by atoms with van der Waals surface area (Å²) in [5.74, 6) is 0.484. The lowest BCUT2D eigenvalue weighted by atomic mass is 9.93. The Kier molecular flexibility index (Phi) is 4.56. The molecule has 6 nitrogen and oxygen atoms in total. The van der Waals surface area contributed by atoms with E-state index in [9.17, 15) is 0 Å². The van der Waals surface area contributed by atoms with Gasteiger partial charge in [-0.1, -0.05) is 24.3 Å². The Morgan fingerprint density at radius 1 is 1.17 bits per heavy atom. The summed E-state index contributed by atoms with van der Waals surface area (Å²) in [5.41, 5.74) is 2.12. The van der Waals surface area contributed by atoms with E-state index >= 15 is 4.39 Å². The zero-order chi connectivity index (χ0) is 19.8. The first-order chi connectivity index (χ1) is 14.1. The van der Waals surface area contributed by atoms with Crippen LogP contribution in [0.25, 0.3) is 5.69 Å². The second kappa shape index (κ2) is 7.24. The lowest BCUT2D eigenvalue weighted by Gasteiger charge is -2.35. The summed E-state index contributed by atoms with van der Waals surface area (Å²) in [7, 11) is 0. The van der Waals surface area contributed by atoms with Gasteiger partial charge in [-0.2, -0.15) is 4.98 Å². The van der Waals surface area contributed by atoms with Crippen LogP contribution in [0.2, 0.25) is 0 Å². The van der Waals surface area contributed by atoms with Crippen molar-refractivity contribution in [1.82, 2.24) is 19.7 Å². The summed E-state index contributed by atoms with van der Waals surface area (Å²) < 4.78 is 22.8. The molecule has 0 amide bonds. The van der Waals surface area contributed by atoms with Crippen LogP contribution in [0.5, 0.6) is 0 Å². The van der Waals surface area contributed by atoms with Crippen LogP contribution in [-0.4, -0.2) is 52.0 Å². The number of rotatable bonds is 5. The molecule has 2 aliphatic heterocycles. The standard InChI is InChI=1S/C22H24FN5O/c1-16-9-17(22(23)7-8-27(14-22)20-12-29-13-20)11-18(10-16)25-21-24-15-28(26-21)19-5-3-2-4-6-19/h2-6,9-11,15,20H,7-8,12-14H2,1H3,(H,25,26). The monoisotopic (exact) mass is 393 g/mol. The number of para-hydroxylation sites is 1. The number of hydrogen-bond donors (Lipinski definition) is 1. The van der Waals surface area contributed by atoms with E-state index in [1.807, 2.05) is 55.5 Å². The SMILES string of the molecule is Cc1cc(Nc2ncn(-c3ccccc3)n2)cc(C2(F)CCN(C3COC3)C2)c1. The fourth-order valence-corrected chi connectivity index (χ4v) is 4.05. The third-order valence-corrected chi connectivity index (χ3v) is 5.75. The molecule has 2 aromatic carbocycles. The number of alkyl halides is 1. The Morgan fingerprint density at radius 3 is 2.76 bits per heavy atom. The lowest BCUT2D eigenvalue weighted by molar-refractivity contribution is -0.0614. The smallest absolute Gasteiger partial charge is 0.246 e. The van der Waals surface area contributed by atoms with E-state index in [0.717, 1.165) is 23.5 Å². The molecule has 0 spiro atoms. The van der Waals surface area contributed by atoms with Crippen LogP contribution in [0.4, 0.5) is 16.0 Å². The van der Waals surface area contributed by atoms with Gasteiger partial charge in [0.15, 0.2) is 0 Å². The first-order valence-corrected chi connectivity index (χ1v) is 9.96. The van der Waals surface area contributed by atoms with Crippen LogP contribution in [0.3, 0.4) is 0 Å². The van der Waals surface area contributed by atoms with Crippen molar-refractivity contribution >= 4 is 11.6 Å². The largest absolute Gasteiger partial charge is 0.378 e. The maximum atomic E-state index is 15.8. The number of benzene rings is 2. The average molecular weight is 393 g/mol. The van der Waals surface area contributed by atoms with Gasteiger partial charge < -0.3 is 10.1 Å². The molecule has 1 atom stereocenters. The van der Waals surface area contributed by atoms with Crippen LogP contribution < -0.4 is 5.32 Å². The minimum absolute atomic E-state index is 0.362. The van der Waals surface area contributed by atoms with Gasteiger partial charge in [0.05, 0.1) is 24.9 Å².